The molecule has 0 saturated heterocycles. The van der Waals surface area contributed by atoms with Gasteiger partial charge in [-0.05, 0) is 18.1 Å². The molecule has 0 radical (unpaired) electrons. The van der Waals surface area contributed by atoms with Crippen LogP contribution in [0, 0.1) is 12.3 Å². The number of imidazole rings is 1. The molecule has 0 saturated carbocycles. The minimum absolute atomic E-state index is 0.179. The molecule has 2 aromatic heterocycles. The SMILES string of the molecule is C#CC(=Nc1ccccc1N)c1nc2c([nH]1)c(=O)n(C)c(=O)n2C. The number of anilines is 1. The van der Waals surface area contributed by atoms with Gasteiger partial charge in [-0.2, -0.15) is 0 Å². The van der Waals surface area contributed by atoms with Gasteiger partial charge in [-0.25, -0.2) is 14.8 Å². The lowest BCUT2D eigenvalue weighted by atomic mass is 10.2. The van der Waals surface area contributed by atoms with Gasteiger partial charge in [-0.3, -0.25) is 13.9 Å². The van der Waals surface area contributed by atoms with Crippen LogP contribution in [0.25, 0.3) is 11.2 Å². The van der Waals surface area contributed by atoms with Crippen molar-refractivity contribution >= 4 is 28.3 Å². The van der Waals surface area contributed by atoms with Crippen LogP contribution in [0.15, 0.2) is 38.8 Å². The summed E-state index contributed by atoms with van der Waals surface area (Å²) in [7, 11) is 2.92. The number of aromatic amines is 1. The number of para-hydroxylation sites is 2. The van der Waals surface area contributed by atoms with Crippen molar-refractivity contribution in [3.05, 3.63) is 50.9 Å². The lowest BCUT2D eigenvalue weighted by Crippen LogP contribution is -2.36. The van der Waals surface area contributed by atoms with Crippen molar-refractivity contribution in [2.45, 2.75) is 0 Å². The van der Waals surface area contributed by atoms with Crippen LogP contribution in [0.1, 0.15) is 5.82 Å². The molecule has 3 N–H and O–H groups in total. The number of benzene rings is 1. The summed E-state index contributed by atoms with van der Waals surface area (Å²) >= 11 is 0. The lowest BCUT2D eigenvalue weighted by Gasteiger charge is -2.00. The quantitative estimate of drug-likeness (QED) is 0.401. The summed E-state index contributed by atoms with van der Waals surface area (Å²) in [5.74, 6) is 2.64. The van der Waals surface area contributed by atoms with Crippen LogP contribution in [-0.2, 0) is 14.1 Å². The number of rotatable bonds is 2. The van der Waals surface area contributed by atoms with Crippen LogP contribution in [0.4, 0.5) is 11.4 Å². The summed E-state index contributed by atoms with van der Waals surface area (Å²) in [6.45, 7) is 0. The van der Waals surface area contributed by atoms with Crippen LogP contribution in [-0.4, -0.2) is 24.8 Å². The van der Waals surface area contributed by atoms with E-state index in [2.05, 4.69) is 20.9 Å². The fourth-order valence-electron chi connectivity index (χ4n) is 2.30. The molecule has 0 aliphatic rings. The highest BCUT2D eigenvalue weighted by Gasteiger charge is 2.15. The first-order chi connectivity index (χ1) is 11.4. The molecule has 0 spiro atoms. The van der Waals surface area contributed by atoms with E-state index in [1.807, 2.05) is 0 Å². The van der Waals surface area contributed by atoms with E-state index in [1.54, 1.807) is 24.3 Å². The number of aliphatic imine (C=N–C) groups is 1. The number of aryl methyl sites for hydroxylation is 1. The van der Waals surface area contributed by atoms with Gasteiger partial charge in [-0.15, -0.1) is 6.42 Å². The smallest absolute Gasteiger partial charge is 0.332 e. The molecule has 2 heterocycles. The molecular formula is C16H14N6O2. The molecule has 24 heavy (non-hydrogen) atoms. The molecule has 0 aliphatic heterocycles. The van der Waals surface area contributed by atoms with Crippen molar-refractivity contribution in [2.24, 2.45) is 19.1 Å². The van der Waals surface area contributed by atoms with Gasteiger partial charge in [0.25, 0.3) is 5.56 Å². The van der Waals surface area contributed by atoms with E-state index in [0.717, 1.165) is 4.57 Å². The molecule has 3 aromatic rings. The summed E-state index contributed by atoms with van der Waals surface area (Å²) in [6.07, 6.45) is 5.53. The summed E-state index contributed by atoms with van der Waals surface area (Å²) in [6, 6.07) is 6.97. The summed E-state index contributed by atoms with van der Waals surface area (Å²) in [4.78, 5) is 35.6. The van der Waals surface area contributed by atoms with Gasteiger partial charge in [0, 0.05) is 14.1 Å². The molecule has 0 unspecified atom stereocenters. The molecule has 120 valence electrons. The van der Waals surface area contributed by atoms with E-state index in [-0.39, 0.29) is 22.7 Å². The van der Waals surface area contributed by atoms with Crippen molar-refractivity contribution < 1.29 is 0 Å². The van der Waals surface area contributed by atoms with Crippen LogP contribution < -0.4 is 17.0 Å². The Labute approximate surface area is 136 Å². The van der Waals surface area contributed by atoms with Gasteiger partial charge in [-0.1, -0.05) is 12.1 Å². The van der Waals surface area contributed by atoms with Gasteiger partial charge in [0.2, 0.25) is 0 Å². The Balaban J connectivity index is 2.26. The number of hydrogen-bond acceptors (Lipinski definition) is 5. The molecule has 0 atom stereocenters. The number of fused-ring (bicyclic) bond motifs is 1. The van der Waals surface area contributed by atoms with Crippen molar-refractivity contribution in [2.75, 3.05) is 5.73 Å². The Hall–Kier alpha value is -3.60. The van der Waals surface area contributed by atoms with Gasteiger partial charge in [0.15, 0.2) is 17.2 Å². The monoisotopic (exact) mass is 322 g/mol. The fraction of sp³-hybridized carbons (Fsp3) is 0.125. The Morgan fingerprint density at radius 2 is 2.00 bits per heavy atom. The number of aromatic nitrogens is 4. The standard InChI is InChI=1S/C16H14N6O2/c1-4-10(18-11-8-6-5-7-9(11)17)13-19-12-14(20-13)21(2)16(24)22(3)15(12)23/h1,5-8H,17H2,2-3H3,(H,19,20). The maximum Gasteiger partial charge on any atom is 0.332 e. The zero-order valence-electron chi connectivity index (χ0n) is 13.1. The minimum Gasteiger partial charge on any atom is -0.397 e. The average Bonchev–Trinajstić information content (AvgIpc) is 3.02. The third-order valence-electron chi connectivity index (χ3n) is 3.62. The number of nitrogen functional groups attached to an aromatic ring is 1. The second-order valence-electron chi connectivity index (χ2n) is 5.15. The third-order valence-corrected chi connectivity index (χ3v) is 3.62. The first-order valence-corrected chi connectivity index (χ1v) is 7.00. The van der Waals surface area contributed by atoms with E-state index < -0.39 is 11.2 Å². The third kappa shape index (κ3) is 2.28. The molecule has 0 amide bonds. The zero-order valence-corrected chi connectivity index (χ0v) is 13.1. The number of terminal acetylenes is 1. The maximum absolute atomic E-state index is 12.2. The van der Waals surface area contributed by atoms with Gasteiger partial charge in [0.1, 0.15) is 5.52 Å². The number of nitrogens with two attached hydrogens (primary N) is 1. The van der Waals surface area contributed by atoms with Crippen LogP contribution >= 0.6 is 0 Å². The average molecular weight is 322 g/mol. The summed E-state index contributed by atoms with van der Waals surface area (Å²) in [5, 5.41) is 0. The Morgan fingerprint density at radius 1 is 1.29 bits per heavy atom. The number of H-pyrrole nitrogens is 1. The van der Waals surface area contributed by atoms with E-state index in [0.29, 0.717) is 11.4 Å². The second kappa shape index (κ2) is 5.55. The molecule has 8 heteroatoms. The molecule has 0 aliphatic carbocycles. The Bertz CT molecular complexity index is 1140. The first kappa shape index (κ1) is 15.3. The van der Waals surface area contributed by atoms with Crippen molar-refractivity contribution in [3.8, 4) is 12.3 Å². The predicted molar refractivity (Wildman–Crippen MR) is 92.5 cm³/mol. The van der Waals surface area contributed by atoms with Gasteiger partial charge in [0.05, 0.1) is 11.4 Å². The highest BCUT2D eigenvalue weighted by Crippen LogP contribution is 2.21. The van der Waals surface area contributed by atoms with Gasteiger partial charge >= 0.3 is 5.69 Å². The number of nitrogens with one attached hydrogen (secondary N) is 1. The number of nitrogens with zero attached hydrogens (tertiary/aromatic N) is 4. The molecule has 0 fully saturated rings. The van der Waals surface area contributed by atoms with Crippen LogP contribution in [0.3, 0.4) is 0 Å². The highest BCUT2D eigenvalue weighted by molar-refractivity contribution is 6.12. The first-order valence-electron chi connectivity index (χ1n) is 7.00. The van der Waals surface area contributed by atoms with E-state index in [4.69, 9.17) is 12.2 Å². The van der Waals surface area contributed by atoms with Crippen LogP contribution in [0.5, 0.6) is 0 Å². The summed E-state index contributed by atoms with van der Waals surface area (Å²) < 4.78 is 2.26. The van der Waals surface area contributed by atoms with Crippen molar-refractivity contribution in [1.29, 1.82) is 0 Å². The largest absolute Gasteiger partial charge is 0.397 e. The van der Waals surface area contributed by atoms with Crippen LogP contribution in [0.2, 0.25) is 0 Å². The Morgan fingerprint density at radius 3 is 2.67 bits per heavy atom. The molecular weight excluding hydrogens is 308 g/mol. The molecule has 8 nitrogen and oxygen atoms in total. The topological polar surface area (TPSA) is 111 Å². The molecule has 0 bridgehead atoms. The minimum atomic E-state index is -0.484. The second-order valence-corrected chi connectivity index (χ2v) is 5.15. The van der Waals surface area contributed by atoms with Gasteiger partial charge < -0.3 is 10.7 Å². The van der Waals surface area contributed by atoms with E-state index in [9.17, 15) is 9.59 Å². The maximum atomic E-state index is 12.2. The number of hydrogen-bond donors (Lipinski definition) is 2. The summed E-state index contributed by atoms with van der Waals surface area (Å²) in [5.41, 5.74) is 6.43. The fourth-order valence-corrected chi connectivity index (χ4v) is 2.30. The lowest BCUT2D eigenvalue weighted by molar-refractivity contribution is 0.709. The van der Waals surface area contributed by atoms with Crippen molar-refractivity contribution in [1.82, 2.24) is 19.1 Å². The highest BCUT2D eigenvalue weighted by atomic mass is 16.2. The Kier molecular flexibility index (Phi) is 3.54. The zero-order chi connectivity index (χ0) is 17.4. The predicted octanol–water partition coefficient (Wildman–Crippen LogP) is 0.297. The normalized spacial score (nSPS) is 11.6. The van der Waals surface area contributed by atoms with Crippen molar-refractivity contribution in [3.63, 3.8) is 0 Å². The van der Waals surface area contributed by atoms with E-state index in [1.165, 1.54) is 18.7 Å². The molecule has 3 rings (SSSR count). The molecule has 1 aromatic carbocycles. The van der Waals surface area contributed by atoms with E-state index >= 15 is 0 Å².